The van der Waals surface area contributed by atoms with Crippen LogP contribution in [0.25, 0.3) is 0 Å². The standard InChI is InChI=1S/C12H11F2N3O/c13-9-3-1-2-8(12(9)14)10(15)6-17-7-16-5-4-11(17)18/h1-5,7,10H,6,15H2. The van der Waals surface area contributed by atoms with Crippen LogP contribution in [0.1, 0.15) is 11.6 Å². The smallest absolute Gasteiger partial charge is 0.253 e. The minimum Gasteiger partial charge on any atom is -0.322 e. The Bertz CT molecular complexity index is 612. The molecule has 0 spiro atoms. The Morgan fingerprint density at radius 3 is 2.83 bits per heavy atom. The van der Waals surface area contributed by atoms with Crippen molar-refractivity contribution in [3.63, 3.8) is 0 Å². The maximum absolute atomic E-state index is 13.5. The topological polar surface area (TPSA) is 60.9 Å². The van der Waals surface area contributed by atoms with Gasteiger partial charge in [-0.15, -0.1) is 0 Å². The van der Waals surface area contributed by atoms with E-state index in [1.54, 1.807) is 0 Å². The van der Waals surface area contributed by atoms with Gasteiger partial charge in [-0.25, -0.2) is 13.8 Å². The molecule has 1 aromatic heterocycles. The lowest BCUT2D eigenvalue weighted by molar-refractivity contribution is 0.471. The Morgan fingerprint density at radius 1 is 1.33 bits per heavy atom. The molecule has 0 fully saturated rings. The van der Waals surface area contributed by atoms with E-state index in [0.717, 1.165) is 6.07 Å². The van der Waals surface area contributed by atoms with E-state index in [1.165, 1.54) is 35.3 Å². The summed E-state index contributed by atoms with van der Waals surface area (Å²) in [4.78, 5) is 15.2. The number of hydrogen-bond acceptors (Lipinski definition) is 3. The largest absolute Gasteiger partial charge is 0.322 e. The molecule has 1 aromatic carbocycles. The molecule has 0 bridgehead atoms. The molecule has 94 valence electrons. The zero-order valence-corrected chi connectivity index (χ0v) is 9.38. The Morgan fingerprint density at radius 2 is 2.11 bits per heavy atom. The van der Waals surface area contributed by atoms with Gasteiger partial charge in [0.15, 0.2) is 11.6 Å². The zero-order chi connectivity index (χ0) is 13.1. The molecular formula is C12H11F2N3O. The van der Waals surface area contributed by atoms with Crippen molar-refractivity contribution >= 4 is 0 Å². The maximum Gasteiger partial charge on any atom is 0.253 e. The molecule has 0 radical (unpaired) electrons. The van der Waals surface area contributed by atoms with Crippen LogP contribution in [0, 0.1) is 11.6 Å². The van der Waals surface area contributed by atoms with Gasteiger partial charge < -0.3 is 5.73 Å². The zero-order valence-electron chi connectivity index (χ0n) is 9.38. The van der Waals surface area contributed by atoms with E-state index >= 15 is 0 Å². The van der Waals surface area contributed by atoms with Crippen LogP contribution in [-0.4, -0.2) is 9.55 Å². The van der Waals surface area contributed by atoms with Crippen LogP contribution in [0.15, 0.2) is 41.6 Å². The first kappa shape index (κ1) is 12.4. The molecule has 0 saturated heterocycles. The minimum atomic E-state index is -0.984. The summed E-state index contributed by atoms with van der Waals surface area (Å²) in [7, 11) is 0. The van der Waals surface area contributed by atoms with Crippen LogP contribution in [0.4, 0.5) is 8.78 Å². The molecule has 0 aliphatic carbocycles. The van der Waals surface area contributed by atoms with E-state index in [-0.39, 0.29) is 17.7 Å². The highest BCUT2D eigenvalue weighted by Gasteiger charge is 2.15. The first-order chi connectivity index (χ1) is 8.59. The van der Waals surface area contributed by atoms with Crippen LogP contribution in [0.3, 0.4) is 0 Å². The van der Waals surface area contributed by atoms with Crippen LogP contribution in [0.2, 0.25) is 0 Å². The lowest BCUT2D eigenvalue weighted by Crippen LogP contribution is -2.26. The van der Waals surface area contributed by atoms with E-state index in [0.29, 0.717) is 0 Å². The number of rotatable bonds is 3. The number of nitrogens with zero attached hydrogens (tertiary/aromatic N) is 2. The highest BCUT2D eigenvalue weighted by molar-refractivity contribution is 5.22. The molecule has 0 aliphatic rings. The maximum atomic E-state index is 13.5. The molecule has 1 atom stereocenters. The van der Waals surface area contributed by atoms with E-state index in [1.807, 2.05) is 0 Å². The summed E-state index contributed by atoms with van der Waals surface area (Å²) >= 11 is 0. The number of aromatic nitrogens is 2. The SMILES string of the molecule is NC(Cn1cnccc1=O)c1cccc(F)c1F. The molecule has 1 heterocycles. The van der Waals surface area contributed by atoms with Crippen molar-refractivity contribution in [2.75, 3.05) is 0 Å². The van der Waals surface area contributed by atoms with Gasteiger partial charge in [0.1, 0.15) is 0 Å². The summed E-state index contributed by atoms with van der Waals surface area (Å²) < 4.78 is 27.8. The fraction of sp³-hybridized carbons (Fsp3) is 0.167. The summed E-state index contributed by atoms with van der Waals surface area (Å²) in [5.74, 6) is -1.94. The third-order valence-corrected chi connectivity index (χ3v) is 2.57. The molecule has 1 unspecified atom stereocenters. The second-order valence-electron chi connectivity index (χ2n) is 3.82. The van der Waals surface area contributed by atoms with Crippen molar-refractivity contribution in [2.45, 2.75) is 12.6 Å². The normalized spacial score (nSPS) is 12.4. The average Bonchev–Trinajstić information content (AvgIpc) is 2.35. The lowest BCUT2D eigenvalue weighted by Gasteiger charge is -2.14. The average molecular weight is 251 g/mol. The van der Waals surface area contributed by atoms with Gasteiger partial charge in [-0.2, -0.15) is 0 Å². The first-order valence-corrected chi connectivity index (χ1v) is 5.29. The van der Waals surface area contributed by atoms with Gasteiger partial charge in [0.25, 0.3) is 5.56 Å². The van der Waals surface area contributed by atoms with Crippen molar-refractivity contribution in [1.29, 1.82) is 0 Å². The summed E-state index contributed by atoms with van der Waals surface area (Å²) in [6.07, 6.45) is 2.66. The van der Waals surface area contributed by atoms with Crippen LogP contribution < -0.4 is 11.3 Å². The number of benzene rings is 1. The second-order valence-corrected chi connectivity index (χ2v) is 3.82. The first-order valence-electron chi connectivity index (χ1n) is 5.29. The second kappa shape index (κ2) is 5.05. The van der Waals surface area contributed by atoms with E-state index in [2.05, 4.69) is 4.98 Å². The van der Waals surface area contributed by atoms with Crippen LogP contribution in [0.5, 0.6) is 0 Å². The molecular weight excluding hydrogens is 240 g/mol. The van der Waals surface area contributed by atoms with E-state index in [4.69, 9.17) is 5.73 Å². The molecule has 6 heteroatoms. The molecule has 4 nitrogen and oxygen atoms in total. The third kappa shape index (κ3) is 2.43. The highest BCUT2D eigenvalue weighted by atomic mass is 19.2. The van der Waals surface area contributed by atoms with Crippen molar-refractivity contribution in [3.8, 4) is 0 Å². The van der Waals surface area contributed by atoms with Crippen molar-refractivity contribution < 1.29 is 8.78 Å². The summed E-state index contributed by atoms with van der Waals surface area (Å²) in [5, 5.41) is 0. The molecule has 2 aromatic rings. The molecule has 0 saturated carbocycles. The minimum absolute atomic E-state index is 0.0331. The molecule has 0 amide bonds. The van der Waals surface area contributed by atoms with Crippen molar-refractivity contribution in [1.82, 2.24) is 9.55 Å². The number of nitrogens with two attached hydrogens (primary N) is 1. The van der Waals surface area contributed by atoms with Gasteiger partial charge in [0, 0.05) is 24.4 Å². The quantitative estimate of drug-likeness (QED) is 0.892. The van der Waals surface area contributed by atoms with E-state index in [9.17, 15) is 13.6 Å². The lowest BCUT2D eigenvalue weighted by atomic mass is 10.1. The van der Waals surface area contributed by atoms with Crippen molar-refractivity contribution in [2.24, 2.45) is 5.73 Å². The predicted molar refractivity (Wildman–Crippen MR) is 61.8 cm³/mol. The monoisotopic (exact) mass is 251 g/mol. The fourth-order valence-electron chi connectivity index (χ4n) is 1.63. The van der Waals surface area contributed by atoms with Gasteiger partial charge in [0.2, 0.25) is 0 Å². The Balaban J connectivity index is 2.28. The number of halogens is 2. The predicted octanol–water partition coefficient (Wildman–Crippen LogP) is 1.22. The molecule has 18 heavy (non-hydrogen) atoms. The van der Waals surface area contributed by atoms with Gasteiger partial charge in [-0.05, 0) is 6.07 Å². The van der Waals surface area contributed by atoms with Gasteiger partial charge >= 0.3 is 0 Å². The Labute approximate surface area is 102 Å². The molecule has 2 N–H and O–H groups in total. The van der Waals surface area contributed by atoms with Gasteiger partial charge in [-0.1, -0.05) is 12.1 Å². The van der Waals surface area contributed by atoms with Crippen LogP contribution >= 0.6 is 0 Å². The van der Waals surface area contributed by atoms with Gasteiger partial charge in [-0.3, -0.25) is 9.36 Å². The summed E-state index contributed by atoms with van der Waals surface area (Å²) in [6.45, 7) is 0.0348. The summed E-state index contributed by atoms with van der Waals surface area (Å²) in [6, 6.07) is 4.24. The fourth-order valence-corrected chi connectivity index (χ4v) is 1.63. The summed E-state index contributed by atoms with van der Waals surface area (Å²) in [5.41, 5.74) is 5.51. The Kier molecular flexibility index (Phi) is 3.47. The third-order valence-electron chi connectivity index (χ3n) is 2.57. The Hall–Kier alpha value is -2.08. The van der Waals surface area contributed by atoms with Crippen LogP contribution in [-0.2, 0) is 6.54 Å². The van der Waals surface area contributed by atoms with Gasteiger partial charge in [0.05, 0.1) is 12.4 Å². The highest BCUT2D eigenvalue weighted by Crippen LogP contribution is 2.18. The van der Waals surface area contributed by atoms with E-state index < -0.39 is 17.7 Å². The molecule has 0 aliphatic heterocycles. The van der Waals surface area contributed by atoms with Crippen molar-refractivity contribution in [3.05, 3.63) is 64.3 Å². The molecule has 2 rings (SSSR count). The number of hydrogen-bond donors (Lipinski definition) is 1.